The number of rotatable bonds is 8. The molecule has 0 unspecified atom stereocenters. The Morgan fingerprint density at radius 3 is 2.44 bits per heavy atom. The molecule has 0 saturated heterocycles. The first kappa shape index (κ1) is 17.6. The fraction of sp³-hybridized carbons (Fsp3) is 0.211. The second kappa shape index (κ2) is 9.34. The van der Waals surface area contributed by atoms with Crippen molar-refractivity contribution in [2.45, 2.75) is 24.2 Å². The van der Waals surface area contributed by atoms with Gasteiger partial charge < -0.3 is 0 Å². The van der Waals surface area contributed by atoms with Gasteiger partial charge in [-0.3, -0.25) is 10.1 Å². The second-order valence-corrected chi connectivity index (χ2v) is 7.60. The van der Waals surface area contributed by atoms with Gasteiger partial charge in [0.15, 0.2) is 0 Å². The van der Waals surface area contributed by atoms with Gasteiger partial charge in [0.1, 0.15) is 5.01 Å². The summed E-state index contributed by atoms with van der Waals surface area (Å²) in [6.45, 7) is 0. The highest BCUT2D eigenvalue weighted by Crippen LogP contribution is 2.20. The molecule has 0 saturated carbocycles. The van der Waals surface area contributed by atoms with Crippen LogP contribution in [0.3, 0.4) is 0 Å². The lowest BCUT2D eigenvalue weighted by molar-refractivity contribution is -0.113. The van der Waals surface area contributed by atoms with Gasteiger partial charge in [-0.15, -0.1) is 22.0 Å². The number of benzene rings is 2. The quantitative estimate of drug-likeness (QED) is 0.596. The van der Waals surface area contributed by atoms with E-state index < -0.39 is 0 Å². The van der Waals surface area contributed by atoms with Gasteiger partial charge in [-0.2, -0.15) is 0 Å². The van der Waals surface area contributed by atoms with Crippen LogP contribution in [0.5, 0.6) is 0 Å². The predicted octanol–water partition coefficient (Wildman–Crippen LogP) is 4.44. The van der Waals surface area contributed by atoms with Crippen molar-refractivity contribution in [1.29, 1.82) is 0 Å². The maximum absolute atomic E-state index is 12.0. The zero-order chi connectivity index (χ0) is 17.3. The molecule has 3 aromatic rings. The maximum Gasteiger partial charge on any atom is 0.236 e. The summed E-state index contributed by atoms with van der Waals surface area (Å²) in [6, 6.07) is 20.3. The standard InChI is InChI=1S/C19H19N3OS2/c23-17(14-24-16-11-5-2-6-12-16)20-19-22-21-18(25-19)13-7-10-15-8-3-1-4-9-15/h1-6,8-9,11-12H,7,10,13-14H2,(H,20,22,23). The summed E-state index contributed by atoms with van der Waals surface area (Å²) in [7, 11) is 0. The fourth-order valence-electron chi connectivity index (χ4n) is 2.31. The molecule has 0 fully saturated rings. The van der Waals surface area contributed by atoms with E-state index >= 15 is 0 Å². The van der Waals surface area contributed by atoms with Gasteiger partial charge in [-0.05, 0) is 30.5 Å². The molecule has 0 atom stereocenters. The molecule has 4 nitrogen and oxygen atoms in total. The van der Waals surface area contributed by atoms with E-state index in [0.29, 0.717) is 10.9 Å². The summed E-state index contributed by atoms with van der Waals surface area (Å²) in [5.41, 5.74) is 1.33. The summed E-state index contributed by atoms with van der Waals surface area (Å²) in [5.74, 6) is 0.313. The van der Waals surface area contributed by atoms with Crippen molar-refractivity contribution in [3.05, 3.63) is 71.2 Å². The van der Waals surface area contributed by atoms with E-state index in [0.717, 1.165) is 29.2 Å². The number of hydrogen-bond acceptors (Lipinski definition) is 5. The van der Waals surface area contributed by atoms with Crippen LogP contribution in [0.4, 0.5) is 5.13 Å². The molecular weight excluding hydrogens is 350 g/mol. The van der Waals surface area contributed by atoms with E-state index in [2.05, 4.69) is 39.8 Å². The highest BCUT2D eigenvalue weighted by Gasteiger charge is 2.09. The Morgan fingerprint density at radius 2 is 1.68 bits per heavy atom. The molecule has 0 aliphatic rings. The molecule has 0 bridgehead atoms. The Kier molecular flexibility index (Phi) is 6.59. The Morgan fingerprint density at radius 1 is 0.960 bits per heavy atom. The van der Waals surface area contributed by atoms with Gasteiger partial charge in [0.25, 0.3) is 0 Å². The zero-order valence-corrected chi connectivity index (χ0v) is 15.4. The number of aromatic nitrogens is 2. The first-order valence-corrected chi connectivity index (χ1v) is 9.94. The number of hydrogen-bond donors (Lipinski definition) is 1. The topological polar surface area (TPSA) is 54.9 Å². The molecule has 128 valence electrons. The predicted molar refractivity (Wildman–Crippen MR) is 104 cm³/mol. The monoisotopic (exact) mass is 369 g/mol. The summed E-state index contributed by atoms with van der Waals surface area (Å²) in [4.78, 5) is 13.1. The number of aryl methyl sites for hydroxylation is 2. The van der Waals surface area contributed by atoms with Crippen LogP contribution in [-0.4, -0.2) is 21.9 Å². The van der Waals surface area contributed by atoms with E-state index in [4.69, 9.17) is 0 Å². The minimum atomic E-state index is -0.0548. The van der Waals surface area contributed by atoms with Crippen LogP contribution in [-0.2, 0) is 17.6 Å². The average Bonchev–Trinajstić information content (AvgIpc) is 3.09. The van der Waals surface area contributed by atoms with E-state index in [1.165, 1.54) is 28.7 Å². The number of nitrogens with zero attached hydrogens (tertiary/aromatic N) is 2. The summed E-state index contributed by atoms with van der Waals surface area (Å²) < 4.78 is 0. The molecule has 0 spiro atoms. The molecule has 1 amide bonds. The molecule has 3 rings (SSSR count). The molecule has 1 N–H and O–H groups in total. The van der Waals surface area contributed by atoms with E-state index in [9.17, 15) is 4.79 Å². The smallest absolute Gasteiger partial charge is 0.236 e. The highest BCUT2D eigenvalue weighted by atomic mass is 32.2. The first-order valence-electron chi connectivity index (χ1n) is 8.13. The van der Waals surface area contributed by atoms with Gasteiger partial charge in [0.2, 0.25) is 11.0 Å². The largest absolute Gasteiger partial charge is 0.300 e. The molecule has 1 aromatic heterocycles. The molecule has 0 aliphatic heterocycles. The molecular formula is C19H19N3OS2. The minimum absolute atomic E-state index is 0.0548. The number of carbonyl (C=O) groups excluding carboxylic acids is 1. The van der Waals surface area contributed by atoms with Crippen LogP contribution in [0.2, 0.25) is 0 Å². The lowest BCUT2D eigenvalue weighted by Crippen LogP contribution is -2.13. The van der Waals surface area contributed by atoms with E-state index in [1.54, 1.807) is 0 Å². The van der Waals surface area contributed by atoms with Crippen LogP contribution in [0.25, 0.3) is 0 Å². The number of thioether (sulfide) groups is 1. The highest BCUT2D eigenvalue weighted by molar-refractivity contribution is 8.00. The maximum atomic E-state index is 12.0. The summed E-state index contributed by atoms with van der Waals surface area (Å²) >= 11 is 2.97. The summed E-state index contributed by atoms with van der Waals surface area (Å²) in [6.07, 6.45) is 2.92. The summed E-state index contributed by atoms with van der Waals surface area (Å²) in [5, 5.41) is 12.6. The van der Waals surface area contributed by atoms with Crippen LogP contribution < -0.4 is 5.32 Å². The van der Waals surface area contributed by atoms with Crippen molar-refractivity contribution in [3.63, 3.8) is 0 Å². The van der Waals surface area contributed by atoms with Crippen LogP contribution in [0, 0.1) is 0 Å². The third-order valence-electron chi connectivity index (χ3n) is 3.53. The Labute approximate surface area is 155 Å². The van der Waals surface area contributed by atoms with Crippen molar-refractivity contribution in [2.24, 2.45) is 0 Å². The molecule has 25 heavy (non-hydrogen) atoms. The molecule has 6 heteroatoms. The number of anilines is 1. The minimum Gasteiger partial charge on any atom is -0.300 e. The Balaban J connectivity index is 1.41. The second-order valence-electron chi connectivity index (χ2n) is 5.49. The van der Waals surface area contributed by atoms with Crippen molar-refractivity contribution in [3.8, 4) is 0 Å². The lowest BCUT2D eigenvalue weighted by atomic mass is 10.1. The molecule has 1 heterocycles. The van der Waals surface area contributed by atoms with Gasteiger partial charge >= 0.3 is 0 Å². The van der Waals surface area contributed by atoms with Gasteiger partial charge in [-0.1, -0.05) is 59.9 Å². The fourth-order valence-corrected chi connectivity index (χ4v) is 3.83. The lowest BCUT2D eigenvalue weighted by Gasteiger charge is -2.01. The normalized spacial score (nSPS) is 10.6. The van der Waals surface area contributed by atoms with Crippen LogP contribution in [0.15, 0.2) is 65.6 Å². The Bertz CT molecular complexity index is 791. The van der Waals surface area contributed by atoms with E-state index in [-0.39, 0.29) is 5.91 Å². The Hall–Kier alpha value is -2.18. The first-order chi connectivity index (χ1) is 12.3. The van der Waals surface area contributed by atoms with Crippen LogP contribution in [0.1, 0.15) is 17.0 Å². The van der Waals surface area contributed by atoms with Crippen molar-refractivity contribution in [1.82, 2.24) is 10.2 Å². The van der Waals surface area contributed by atoms with Crippen molar-refractivity contribution >= 4 is 34.1 Å². The van der Waals surface area contributed by atoms with Gasteiger partial charge in [0, 0.05) is 11.3 Å². The van der Waals surface area contributed by atoms with E-state index in [1.807, 2.05) is 36.4 Å². The van der Waals surface area contributed by atoms with Gasteiger partial charge in [-0.25, -0.2) is 0 Å². The number of nitrogens with one attached hydrogen (secondary N) is 1. The molecule has 0 aliphatic carbocycles. The third kappa shape index (κ3) is 5.99. The average molecular weight is 370 g/mol. The SMILES string of the molecule is O=C(CSc1ccccc1)Nc1nnc(CCCc2ccccc2)s1. The van der Waals surface area contributed by atoms with Crippen LogP contribution >= 0.6 is 23.1 Å². The number of amides is 1. The molecule has 0 radical (unpaired) electrons. The third-order valence-corrected chi connectivity index (χ3v) is 5.44. The molecule has 2 aromatic carbocycles. The number of carbonyl (C=O) groups is 1. The van der Waals surface area contributed by atoms with Crippen molar-refractivity contribution < 1.29 is 4.79 Å². The zero-order valence-electron chi connectivity index (χ0n) is 13.7. The van der Waals surface area contributed by atoms with Gasteiger partial charge in [0.05, 0.1) is 5.75 Å². The van der Waals surface area contributed by atoms with Crippen molar-refractivity contribution in [2.75, 3.05) is 11.1 Å².